The molecule has 0 fully saturated rings. The lowest BCUT2D eigenvalue weighted by molar-refractivity contribution is 0.105. The van der Waals surface area contributed by atoms with Gasteiger partial charge in [-0.2, -0.15) is 0 Å². The van der Waals surface area contributed by atoms with Crippen LogP contribution in [0.2, 0.25) is 0 Å². The molecule has 0 saturated carbocycles. The minimum Gasteiger partial charge on any atom is -0.456 e. The summed E-state index contributed by atoms with van der Waals surface area (Å²) in [6.45, 7) is 0.317. The van der Waals surface area contributed by atoms with Crippen LogP contribution in [0.1, 0.15) is 15.9 Å². The predicted molar refractivity (Wildman–Crippen MR) is 74.3 cm³/mol. The van der Waals surface area contributed by atoms with E-state index < -0.39 is 0 Å². The Balaban J connectivity index is 2.28. The van der Waals surface area contributed by atoms with Gasteiger partial charge in [0.25, 0.3) is 0 Å². The minimum absolute atomic E-state index is 0.0500. The Morgan fingerprint density at radius 1 is 0.947 bits per heavy atom. The van der Waals surface area contributed by atoms with E-state index in [4.69, 9.17) is 10.5 Å². The molecule has 1 heterocycles. The number of hydrogen-bond donors (Lipinski definition) is 1. The van der Waals surface area contributed by atoms with Crippen LogP contribution in [-0.4, -0.2) is 12.3 Å². The van der Waals surface area contributed by atoms with Gasteiger partial charge in [0.1, 0.15) is 11.5 Å². The highest BCUT2D eigenvalue weighted by atomic mass is 16.5. The first-order valence-corrected chi connectivity index (χ1v) is 6.12. The predicted octanol–water partition coefficient (Wildman–Crippen LogP) is 3.02. The molecule has 0 spiro atoms. The number of allylic oxidation sites excluding steroid dienone is 1. The average Bonchev–Trinajstić information content (AvgIpc) is 2.56. The van der Waals surface area contributed by atoms with Crippen molar-refractivity contribution in [1.29, 1.82) is 0 Å². The first-order chi connectivity index (χ1) is 9.31. The number of Topliss-reactive ketones (excluding diaryl/α,β-unsaturated/α-hetero) is 1. The van der Waals surface area contributed by atoms with Crippen LogP contribution in [0, 0.1) is 0 Å². The van der Waals surface area contributed by atoms with E-state index in [9.17, 15) is 4.79 Å². The number of ketones is 1. The summed E-state index contributed by atoms with van der Waals surface area (Å²) >= 11 is 0. The Hall–Kier alpha value is -2.39. The highest BCUT2D eigenvalue weighted by Gasteiger charge is 2.24. The molecule has 3 rings (SSSR count). The van der Waals surface area contributed by atoms with Gasteiger partial charge in [0.15, 0.2) is 5.78 Å². The van der Waals surface area contributed by atoms with Crippen LogP contribution in [0.25, 0.3) is 5.57 Å². The molecule has 0 aliphatic carbocycles. The SMILES string of the molecule is NC/C=C1\C(=O)c2ccccc2Oc2ccccc21. The molecule has 1 aliphatic rings. The van der Waals surface area contributed by atoms with E-state index in [1.165, 1.54) is 0 Å². The second-order valence-corrected chi connectivity index (χ2v) is 4.28. The van der Waals surface area contributed by atoms with E-state index in [2.05, 4.69) is 0 Å². The van der Waals surface area contributed by atoms with Gasteiger partial charge < -0.3 is 10.5 Å². The fraction of sp³-hybridized carbons (Fsp3) is 0.0625. The number of hydrogen-bond acceptors (Lipinski definition) is 3. The van der Waals surface area contributed by atoms with Gasteiger partial charge in [-0.05, 0) is 18.2 Å². The van der Waals surface area contributed by atoms with Crippen LogP contribution in [0.15, 0.2) is 54.6 Å². The van der Waals surface area contributed by atoms with Crippen molar-refractivity contribution < 1.29 is 9.53 Å². The van der Waals surface area contributed by atoms with Gasteiger partial charge in [-0.3, -0.25) is 4.79 Å². The monoisotopic (exact) mass is 251 g/mol. The largest absolute Gasteiger partial charge is 0.456 e. The number of rotatable bonds is 1. The molecule has 3 nitrogen and oxygen atoms in total. The van der Waals surface area contributed by atoms with Gasteiger partial charge in [0.05, 0.1) is 5.56 Å². The second kappa shape index (κ2) is 4.71. The fourth-order valence-corrected chi connectivity index (χ4v) is 2.23. The highest BCUT2D eigenvalue weighted by Crippen LogP contribution is 2.38. The summed E-state index contributed by atoms with van der Waals surface area (Å²) in [6.07, 6.45) is 1.74. The van der Waals surface area contributed by atoms with Crippen LogP contribution in [0.4, 0.5) is 0 Å². The van der Waals surface area contributed by atoms with Gasteiger partial charge >= 0.3 is 0 Å². The Bertz CT molecular complexity index is 674. The molecule has 2 N–H and O–H groups in total. The van der Waals surface area contributed by atoms with Crippen LogP contribution >= 0.6 is 0 Å². The van der Waals surface area contributed by atoms with Crippen molar-refractivity contribution in [2.75, 3.05) is 6.54 Å². The molecule has 0 saturated heterocycles. The van der Waals surface area contributed by atoms with Crippen molar-refractivity contribution in [3.05, 3.63) is 65.7 Å². The molecule has 0 radical (unpaired) electrons. The van der Waals surface area contributed by atoms with Crippen molar-refractivity contribution in [3.8, 4) is 11.5 Å². The molecule has 3 heteroatoms. The molecule has 0 bridgehead atoms. The average molecular weight is 251 g/mol. The van der Waals surface area contributed by atoms with E-state index in [-0.39, 0.29) is 5.78 Å². The molecule has 0 atom stereocenters. The maximum absolute atomic E-state index is 12.6. The maximum atomic E-state index is 12.6. The van der Waals surface area contributed by atoms with Crippen molar-refractivity contribution in [2.24, 2.45) is 5.73 Å². The maximum Gasteiger partial charge on any atom is 0.197 e. The molecule has 0 amide bonds. The molecule has 19 heavy (non-hydrogen) atoms. The number of ether oxygens (including phenoxy) is 1. The summed E-state index contributed by atoms with van der Waals surface area (Å²) in [7, 11) is 0. The normalized spacial score (nSPS) is 15.4. The van der Waals surface area contributed by atoms with E-state index in [0.717, 1.165) is 5.56 Å². The molecule has 1 aliphatic heterocycles. The number of fused-ring (bicyclic) bond motifs is 2. The summed E-state index contributed by atoms with van der Waals surface area (Å²) in [6, 6.07) is 14.8. The molecule has 2 aromatic carbocycles. The molecular formula is C16H13NO2. The van der Waals surface area contributed by atoms with Gasteiger partial charge in [-0.25, -0.2) is 0 Å². The molecule has 0 unspecified atom stereocenters. The van der Waals surface area contributed by atoms with Gasteiger partial charge in [-0.1, -0.05) is 36.4 Å². The first kappa shape index (κ1) is 11.7. The minimum atomic E-state index is -0.0500. The third kappa shape index (κ3) is 1.94. The number of carbonyl (C=O) groups is 1. The number of carbonyl (C=O) groups excluding carboxylic acids is 1. The van der Waals surface area contributed by atoms with Crippen LogP contribution in [0.3, 0.4) is 0 Å². The number of nitrogens with two attached hydrogens (primary N) is 1. The summed E-state index contributed by atoms with van der Waals surface area (Å²) in [5.41, 5.74) is 7.53. The molecule has 94 valence electrons. The summed E-state index contributed by atoms with van der Waals surface area (Å²) in [5, 5.41) is 0. The fourth-order valence-electron chi connectivity index (χ4n) is 2.23. The standard InChI is InChI=1S/C16H13NO2/c17-10-9-12-11-5-1-3-7-14(11)19-15-8-4-2-6-13(15)16(12)18/h1-9H,10,17H2/b12-9-. The Kier molecular flexibility index (Phi) is 2.89. The third-order valence-corrected chi connectivity index (χ3v) is 3.10. The lowest BCUT2D eigenvalue weighted by atomic mass is 9.96. The Morgan fingerprint density at radius 3 is 2.21 bits per heavy atom. The lowest BCUT2D eigenvalue weighted by Gasteiger charge is -2.07. The lowest BCUT2D eigenvalue weighted by Crippen LogP contribution is -2.04. The van der Waals surface area contributed by atoms with Crippen molar-refractivity contribution in [3.63, 3.8) is 0 Å². The zero-order chi connectivity index (χ0) is 13.2. The van der Waals surface area contributed by atoms with E-state index >= 15 is 0 Å². The smallest absolute Gasteiger partial charge is 0.197 e. The summed E-state index contributed by atoms with van der Waals surface area (Å²) in [4.78, 5) is 12.6. The summed E-state index contributed by atoms with van der Waals surface area (Å²) < 4.78 is 5.85. The Morgan fingerprint density at radius 2 is 1.53 bits per heavy atom. The molecule has 2 aromatic rings. The van der Waals surface area contributed by atoms with Crippen molar-refractivity contribution >= 4 is 11.4 Å². The van der Waals surface area contributed by atoms with E-state index in [1.54, 1.807) is 18.2 Å². The topological polar surface area (TPSA) is 52.3 Å². The molecule has 0 aromatic heterocycles. The molecular weight excluding hydrogens is 238 g/mol. The zero-order valence-electron chi connectivity index (χ0n) is 10.3. The zero-order valence-corrected chi connectivity index (χ0v) is 10.3. The quantitative estimate of drug-likeness (QED) is 0.793. The summed E-state index contributed by atoms with van der Waals surface area (Å²) in [5.74, 6) is 1.21. The van der Waals surface area contributed by atoms with E-state index in [1.807, 2.05) is 36.4 Å². The van der Waals surface area contributed by atoms with Gasteiger partial charge in [0, 0.05) is 17.7 Å². The van der Waals surface area contributed by atoms with Crippen LogP contribution < -0.4 is 10.5 Å². The number of para-hydroxylation sites is 2. The van der Waals surface area contributed by atoms with E-state index in [0.29, 0.717) is 29.2 Å². The first-order valence-electron chi connectivity index (χ1n) is 6.12. The van der Waals surface area contributed by atoms with Crippen LogP contribution in [-0.2, 0) is 0 Å². The van der Waals surface area contributed by atoms with Crippen molar-refractivity contribution in [1.82, 2.24) is 0 Å². The second-order valence-electron chi connectivity index (χ2n) is 4.28. The Labute approximate surface area is 111 Å². The van der Waals surface area contributed by atoms with Gasteiger partial charge in [-0.15, -0.1) is 0 Å². The highest BCUT2D eigenvalue weighted by molar-refractivity contribution is 6.30. The van der Waals surface area contributed by atoms with Gasteiger partial charge in [0.2, 0.25) is 0 Å². The third-order valence-electron chi connectivity index (χ3n) is 3.10. The number of benzene rings is 2. The van der Waals surface area contributed by atoms with Crippen molar-refractivity contribution in [2.45, 2.75) is 0 Å². The van der Waals surface area contributed by atoms with Crippen LogP contribution in [0.5, 0.6) is 11.5 Å².